The Hall–Kier alpha value is -0.656. The smallest absolute Gasteiger partial charge is 0.193 e. The summed E-state index contributed by atoms with van der Waals surface area (Å²) in [6.45, 7) is 22.8. The first-order chi connectivity index (χ1) is 13.5. The van der Waals surface area contributed by atoms with Crippen LogP contribution in [0, 0.1) is 17.7 Å². The molecule has 0 spiro atoms. The van der Waals surface area contributed by atoms with Crippen molar-refractivity contribution in [2.75, 3.05) is 19.8 Å². The maximum atomic E-state index is 14.9. The van der Waals surface area contributed by atoms with Crippen LogP contribution in [-0.4, -0.2) is 36.5 Å². The molecule has 0 saturated carbocycles. The molecule has 0 aliphatic carbocycles. The highest BCUT2D eigenvalue weighted by Crippen LogP contribution is 2.37. The summed E-state index contributed by atoms with van der Waals surface area (Å²) in [7, 11) is -3.72. The lowest BCUT2D eigenvalue weighted by molar-refractivity contribution is 0.198. The van der Waals surface area contributed by atoms with Gasteiger partial charge in [0.15, 0.2) is 28.2 Å². The van der Waals surface area contributed by atoms with E-state index in [1.807, 2.05) is 0 Å². The molecule has 170 valence electrons. The molecule has 0 fully saturated rings. The van der Waals surface area contributed by atoms with Crippen LogP contribution >= 0.6 is 15.9 Å². The Bertz CT molecular complexity index is 785. The van der Waals surface area contributed by atoms with E-state index < -0.39 is 22.5 Å². The first kappa shape index (κ1) is 27.4. The quantitative estimate of drug-likeness (QED) is 0.215. The normalized spacial score (nSPS) is 13.1. The third-order valence-electron chi connectivity index (χ3n) is 6.18. The van der Waals surface area contributed by atoms with Crippen LogP contribution in [0.4, 0.5) is 4.39 Å². The largest absolute Gasteiger partial charge is 0.487 e. The number of hydrogen-bond donors (Lipinski definition) is 0. The van der Waals surface area contributed by atoms with Gasteiger partial charge in [-0.1, -0.05) is 53.4 Å². The van der Waals surface area contributed by atoms with Gasteiger partial charge in [0.25, 0.3) is 0 Å². The van der Waals surface area contributed by atoms with Crippen molar-refractivity contribution >= 4 is 32.6 Å². The third kappa shape index (κ3) is 7.49. The Kier molecular flexibility index (Phi) is 9.41. The molecule has 0 heterocycles. The predicted octanol–water partition coefficient (Wildman–Crippen LogP) is 7.36. The van der Waals surface area contributed by atoms with Crippen LogP contribution in [0.25, 0.3) is 0 Å². The minimum absolute atomic E-state index is 0.116. The van der Waals surface area contributed by atoms with E-state index in [0.717, 1.165) is 0 Å². The zero-order chi connectivity index (χ0) is 23.4. The summed E-state index contributed by atoms with van der Waals surface area (Å²) in [6.07, 6.45) is 0. The van der Waals surface area contributed by atoms with Gasteiger partial charge in [0.05, 0.1) is 23.2 Å². The first-order valence-corrected chi connectivity index (χ1v) is 17.0. The first-order valence-electron chi connectivity index (χ1n) is 10.4. The highest BCUT2D eigenvalue weighted by molar-refractivity contribution is 9.10. The van der Waals surface area contributed by atoms with Gasteiger partial charge >= 0.3 is 0 Å². The van der Waals surface area contributed by atoms with Gasteiger partial charge in [-0.15, -0.1) is 0 Å². The molecule has 0 amide bonds. The fourth-order valence-electron chi connectivity index (χ4n) is 1.98. The number of halogens is 2. The van der Waals surface area contributed by atoms with Gasteiger partial charge in [0, 0.05) is 0 Å². The average Bonchev–Trinajstić information content (AvgIpc) is 2.57. The van der Waals surface area contributed by atoms with E-state index in [-0.39, 0.29) is 22.4 Å². The van der Waals surface area contributed by atoms with E-state index in [9.17, 15) is 4.39 Å². The Morgan fingerprint density at radius 2 is 1.43 bits per heavy atom. The fourth-order valence-corrected chi connectivity index (χ4v) is 4.30. The SMILES string of the molecule is CC(C)(C)[Si](C)(C)OCC#Cc1ccc(Br)c(OCCO[Si](C)(C)C(C)(C)C)c1F. The summed E-state index contributed by atoms with van der Waals surface area (Å²) in [5.74, 6) is 5.55. The second-order valence-electron chi connectivity index (χ2n) is 10.5. The van der Waals surface area contributed by atoms with Crippen molar-refractivity contribution < 1.29 is 18.0 Å². The van der Waals surface area contributed by atoms with Crippen molar-refractivity contribution in [3.8, 4) is 17.6 Å². The molecule has 1 aromatic carbocycles. The molecular formula is C23H38BrFO3Si2. The van der Waals surface area contributed by atoms with Crippen molar-refractivity contribution in [1.29, 1.82) is 0 Å². The molecule has 0 aliphatic rings. The van der Waals surface area contributed by atoms with Crippen LogP contribution in [0.3, 0.4) is 0 Å². The second-order valence-corrected chi connectivity index (χ2v) is 21.0. The molecule has 30 heavy (non-hydrogen) atoms. The Labute approximate surface area is 193 Å². The van der Waals surface area contributed by atoms with Crippen molar-refractivity contribution in [3.63, 3.8) is 0 Å². The van der Waals surface area contributed by atoms with Gasteiger partial charge in [-0.3, -0.25) is 0 Å². The van der Waals surface area contributed by atoms with Gasteiger partial charge in [0.1, 0.15) is 6.61 Å². The highest BCUT2D eigenvalue weighted by atomic mass is 79.9. The van der Waals surface area contributed by atoms with E-state index in [4.69, 9.17) is 13.6 Å². The van der Waals surface area contributed by atoms with Crippen LogP contribution < -0.4 is 4.74 Å². The lowest BCUT2D eigenvalue weighted by Gasteiger charge is -2.36. The number of benzene rings is 1. The van der Waals surface area contributed by atoms with E-state index in [0.29, 0.717) is 23.2 Å². The van der Waals surface area contributed by atoms with Crippen molar-refractivity contribution in [2.45, 2.75) is 77.8 Å². The van der Waals surface area contributed by atoms with Crippen LogP contribution in [-0.2, 0) is 8.85 Å². The number of rotatable bonds is 7. The Morgan fingerprint density at radius 3 is 1.97 bits per heavy atom. The van der Waals surface area contributed by atoms with E-state index in [2.05, 4.69) is 95.5 Å². The summed E-state index contributed by atoms with van der Waals surface area (Å²) in [6, 6.07) is 3.41. The second kappa shape index (κ2) is 10.3. The van der Waals surface area contributed by atoms with Crippen LogP contribution in [0.15, 0.2) is 16.6 Å². The standard InChI is InChI=1S/C23H38BrFO3Si2/c1-22(2,3)29(7,8)27-15-11-12-18-13-14-19(24)21(20(18)25)26-16-17-28-30(9,10)23(4,5)6/h13-14H,15-17H2,1-10H3. The minimum Gasteiger partial charge on any atom is -0.487 e. The van der Waals surface area contributed by atoms with Gasteiger partial charge in [-0.25, -0.2) is 4.39 Å². The van der Waals surface area contributed by atoms with Crippen LogP contribution in [0.1, 0.15) is 47.1 Å². The summed E-state index contributed by atoms with van der Waals surface area (Å²) < 4.78 is 33.3. The highest BCUT2D eigenvalue weighted by Gasteiger charge is 2.37. The molecule has 3 nitrogen and oxygen atoms in total. The molecule has 0 unspecified atom stereocenters. The molecular weight excluding hydrogens is 479 g/mol. The van der Waals surface area contributed by atoms with Gasteiger partial charge in [0.2, 0.25) is 0 Å². The van der Waals surface area contributed by atoms with Crippen LogP contribution in [0.5, 0.6) is 5.75 Å². The molecule has 0 radical (unpaired) electrons. The molecule has 0 N–H and O–H groups in total. The third-order valence-corrected chi connectivity index (χ3v) is 15.8. The van der Waals surface area contributed by atoms with E-state index in [1.54, 1.807) is 12.1 Å². The average molecular weight is 518 g/mol. The maximum Gasteiger partial charge on any atom is 0.193 e. The maximum absolute atomic E-state index is 14.9. The van der Waals surface area contributed by atoms with Crippen molar-refractivity contribution in [1.82, 2.24) is 0 Å². The summed E-state index contributed by atoms with van der Waals surface area (Å²) >= 11 is 3.37. The Morgan fingerprint density at radius 1 is 0.900 bits per heavy atom. The predicted molar refractivity (Wildman–Crippen MR) is 133 cm³/mol. The van der Waals surface area contributed by atoms with Gasteiger partial charge in [-0.05, 0) is 64.3 Å². The topological polar surface area (TPSA) is 27.7 Å². The summed E-state index contributed by atoms with van der Waals surface area (Å²) in [4.78, 5) is 0. The molecule has 1 rings (SSSR count). The summed E-state index contributed by atoms with van der Waals surface area (Å²) in [5.41, 5.74) is 0.303. The van der Waals surface area contributed by atoms with E-state index >= 15 is 0 Å². The molecule has 0 aliphatic heterocycles. The van der Waals surface area contributed by atoms with Crippen LogP contribution in [0.2, 0.25) is 36.3 Å². The fraction of sp³-hybridized carbons (Fsp3) is 0.652. The number of hydrogen-bond acceptors (Lipinski definition) is 3. The lowest BCUT2D eigenvalue weighted by atomic mass is 10.2. The van der Waals surface area contributed by atoms with Crippen molar-refractivity contribution in [2.24, 2.45) is 0 Å². The monoisotopic (exact) mass is 516 g/mol. The zero-order valence-corrected chi connectivity index (χ0v) is 23.8. The molecule has 7 heteroatoms. The van der Waals surface area contributed by atoms with Gasteiger partial charge in [-0.2, -0.15) is 0 Å². The lowest BCUT2D eigenvalue weighted by Crippen LogP contribution is -2.41. The molecule has 0 aromatic heterocycles. The summed E-state index contributed by atoms with van der Waals surface area (Å²) in [5, 5.41) is 0.242. The van der Waals surface area contributed by atoms with Crippen molar-refractivity contribution in [3.05, 3.63) is 28.0 Å². The van der Waals surface area contributed by atoms with Gasteiger partial charge < -0.3 is 13.6 Å². The molecule has 1 aromatic rings. The minimum atomic E-state index is -1.87. The van der Waals surface area contributed by atoms with E-state index in [1.165, 1.54) is 0 Å². The number of ether oxygens (including phenoxy) is 1. The Balaban J connectivity index is 2.77. The molecule has 0 saturated heterocycles. The molecule has 0 atom stereocenters. The molecule has 0 bridgehead atoms. The zero-order valence-electron chi connectivity index (χ0n) is 20.3.